The lowest BCUT2D eigenvalue weighted by Crippen LogP contribution is -2.28. The predicted octanol–water partition coefficient (Wildman–Crippen LogP) is 2.29. The summed E-state index contributed by atoms with van der Waals surface area (Å²) in [6, 6.07) is 7.53. The molecule has 0 unspecified atom stereocenters. The van der Waals surface area contributed by atoms with E-state index >= 15 is 0 Å². The first-order valence-electron chi connectivity index (χ1n) is 5.74. The summed E-state index contributed by atoms with van der Waals surface area (Å²) in [5.74, 6) is -0.0454. The molecule has 0 bridgehead atoms. The van der Waals surface area contributed by atoms with Crippen LogP contribution in [-0.4, -0.2) is 24.0 Å². The van der Waals surface area contributed by atoms with Crippen LogP contribution in [0.5, 0.6) is 0 Å². The summed E-state index contributed by atoms with van der Waals surface area (Å²) in [7, 11) is 0. The van der Waals surface area contributed by atoms with Crippen molar-refractivity contribution >= 4 is 22.4 Å². The van der Waals surface area contributed by atoms with Crippen molar-refractivity contribution in [3.8, 4) is 0 Å². The highest BCUT2D eigenvalue weighted by Gasteiger charge is 2.03. The third-order valence-electron chi connectivity index (χ3n) is 2.43. The molecule has 0 atom stereocenters. The fraction of sp³-hybridized carbons (Fsp3) is 0.231. The zero-order valence-electron chi connectivity index (χ0n) is 10.1. The van der Waals surface area contributed by atoms with E-state index in [0.29, 0.717) is 18.7 Å². The second kappa shape index (κ2) is 6.16. The lowest BCUT2D eigenvalue weighted by atomic mass is 10.1. The first-order valence-corrected chi connectivity index (χ1v) is 6.62. The molecule has 0 saturated carbocycles. The van der Waals surface area contributed by atoms with Gasteiger partial charge in [-0.15, -0.1) is 11.3 Å². The van der Waals surface area contributed by atoms with Crippen molar-refractivity contribution in [1.29, 1.82) is 0 Å². The van der Waals surface area contributed by atoms with Crippen molar-refractivity contribution in [2.24, 2.45) is 0 Å². The maximum Gasteiger partial charge on any atom is 0.251 e. The molecule has 2 rings (SSSR count). The first kappa shape index (κ1) is 12.6. The SMILES string of the molecule is Cc1ccc(C(=O)NCCNc2nccs2)cc1. The standard InChI is InChI=1S/C13H15N3OS/c1-10-2-4-11(5-3-10)12(17)14-6-7-15-13-16-8-9-18-13/h2-5,8-9H,6-7H2,1H3,(H,14,17)(H,15,16). The van der Waals surface area contributed by atoms with Crippen LogP contribution in [0.3, 0.4) is 0 Å². The fourth-order valence-electron chi connectivity index (χ4n) is 1.46. The van der Waals surface area contributed by atoms with E-state index in [1.165, 1.54) is 0 Å². The van der Waals surface area contributed by atoms with Crippen LogP contribution in [0, 0.1) is 6.92 Å². The van der Waals surface area contributed by atoms with Crippen molar-refractivity contribution in [2.45, 2.75) is 6.92 Å². The van der Waals surface area contributed by atoms with Crippen LogP contribution in [-0.2, 0) is 0 Å². The van der Waals surface area contributed by atoms with E-state index in [1.54, 1.807) is 17.5 Å². The predicted molar refractivity (Wildman–Crippen MR) is 74.1 cm³/mol. The highest BCUT2D eigenvalue weighted by Crippen LogP contribution is 2.09. The molecule has 0 saturated heterocycles. The summed E-state index contributed by atoms with van der Waals surface area (Å²) in [6.45, 7) is 3.25. The smallest absolute Gasteiger partial charge is 0.251 e. The van der Waals surface area contributed by atoms with Gasteiger partial charge in [-0.2, -0.15) is 0 Å². The number of nitrogens with one attached hydrogen (secondary N) is 2. The molecule has 2 aromatic rings. The Morgan fingerprint density at radius 3 is 2.72 bits per heavy atom. The zero-order chi connectivity index (χ0) is 12.8. The van der Waals surface area contributed by atoms with Gasteiger partial charge < -0.3 is 10.6 Å². The van der Waals surface area contributed by atoms with Crippen molar-refractivity contribution in [3.05, 3.63) is 47.0 Å². The summed E-state index contributed by atoms with van der Waals surface area (Å²) in [5, 5.41) is 8.77. The van der Waals surface area contributed by atoms with Gasteiger partial charge in [-0.05, 0) is 19.1 Å². The quantitative estimate of drug-likeness (QED) is 0.812. The molecule has 0 fully saturated rings. The highest BCUT2D eigenvalue weighted by molar-refractivity contribution is 7.13. The van der Waals surface area contributed by atoms with Gasteiger partial charge in [0.15, 0.2) is 5.13 Å². The van der Waals surface area contributed by atoms with Gasteiger partial charge in [0.1, 0.15) is 0 Å². The van der Waals surface area contributed by atoms with E-state index in [2.05, 4.69) is 15.6 Å². The topological polar surface area (TPSA) is 54.0 Å². The van der Waals surface area contributed by atoms with Gasteiger partial charge in [0.2, 0.25) is 0 Å². The number of aromatic nitrogens is 1. The second-order valence-corrected chi connectivity index (χ2v) is 4.78. The van der Waals surface area contributed by atoms with Crippen LogP contribution < -0.4 is 10.6 Å². The molecule has 0 aliphatic carbocycles. The van der Waals surface area contributed by atoms with Gasteiger partial charge >= 0.3 is 0 Å². The summed E-state index contributed by atoms with van der Waals surface area (Å²) >= 11 is 1.54. The maximum atomic E-state index is 11.8. The minimum absolute atomic E-state index is 0.0454. The number of nitrogens with zero attached hydrogens (tertiary/aromatic N) is 1. The summed E-state index contributed by atoms with van der Waals surface area (Å²) < 4.78 is 0. The Morgan fingerprint density at radius 1 is 1.28 bits per heavy atom. The number of carbonyl (C=O) groups excluding carboxylic acids is 1. The summed E-state index contributed by atoms with van der Waals surface area (Å²) in [6.07, 6.45) is 1.75. The normalized spacial score (nSPS) is 10.1. The Balaban J connectivity index is 1.73. The Morgan fingerprint density at radius 2 is 2.06 bits per heavy atom. The molecule has 5 heteroatoms. The van der Waals surface area contributed by atoms with Gasteiger partial charge in [0.25, 0.3) is 5.91 Å². The number of hydrogen-bond donors (Lipinski definition) is 2. The van der Waals surface area contributed by atoms with E-state index in [1.807, 2.05) is 36.6 Å². The molecule has 0 aliphatic rings. The first-order chi connectivity index (χ1) is 8.75. The molecule has 0 radical (unpaired) electrons. The number of hydrogen-bond acceptors (Lipinski definition) is 4. The molecule has 1 aromatic heterocycles. The zero-order valence-corrected chi connectivity index (χ0v) is 11.0. The molecular formula is C13H15N3OS. The Hall–Kier alpha value is -1.88. The molecule has 0 spiro atoms. The molecule has 94 valence electrons. The van der Waals surface area contributed by atoms with Gasteiger partial charge in [0.05, 0.1) is 0 Å². The molecule has 2 N–H and O–H groups in total. The van der Waals surface area contributed by atoms with E-state index < -0.39 is 0 Å². The van der Waals surface area contributed by atoms with Gasteiger partial charge in [-0.3, -0.25) is 4.79 Å². The van der Waals surface area contributed by atoms with Crippen LogP contribution in [0.4, 0.5) is 5.13 Å². The number of amides is 1. The van der Waals surface area contributed by atoms with Gasteiger partial charge in [-0.1, -0.05) is 17.7 Å². The van der Waals surface area contributed by atoms with Crippen LogP contribution in [0.25, 0.3) is 0 Å². The van der Waals surface area contributed by atoms with Crippen molar-refractivity contribution in [1.82, 2.24) is 10.3 Å². The Labute approximate surface area is 110 Å². The van der Waals surface area contributed by atoms with Gasteiger partial charge in [-0.25, -0.2) is 4.98 Å². The number of thiazole rings is 1. The average Bonchev–Trinajstić information content (AvgIpc) is 2.88. The monoisotopic (exact) mass is 261 g/mol. The molecule has 1 amide bonds. The van der Waals surface area contributed by atoms with Crippen LogP contribution in [0.15, 0.2) is 35.8 Å². The second-order valence-electron chi connectivity index (χ2n) is 3.89. The van der Waals surface area contributed by atoms with E-state index in [4.69, 9.17) is 0 Å². The number of aryl methyl sites for hydroxylation is 1. The Bertz CT molecular complexity index is 493. The molecular weight excluding hydrogens is 246 g/mol. The van der Waals surface area contributed by atoms with E-state index in [9.17, 15) is 4.79 Å². The molecule has 1 aromatic carbocycles. The third-order valence-corrected chi connectivity index (χ3v) is 3.16. The van der Waals surface area contributed by atoms with Crippen LogP contribution >= 0.6 is 11.3 Å². The van der Waals surface area contributed by atoms with Gasteiger partial charge in [0, 0.05) is 30.2 Å². The van der Waals surface area contributed by atoms with Crippen molar-refractivity contribution < 1.29 is 4.79 Å². The van der Waals surface area contributed by atoms with E-state index in [-0.39, 0.29) is 5.91 Å². The molecule has 4 nitrogen and oxygen atoms in total. The minimum atomic E-state index is -0.0454. The lowest BCUT2D eigenvalue weighted by molar-refractivity contribution is 0.0955. The number of benzene rings is 1. The third kappa shape index (κ3) is 3.56. The highest BCUT2D eigenvalue weighted by atomic mass is 32.1. The van der Waals surface area contributed by atoms with Crippen LogP contribution in [0.2, 0.25) is 0 Å². The summed E-state index contributed by atoms with van der Waals surface area (Å²) in [5.41, 5.74) is 1.84. The number of carbonyl (C=O) groups is 1. The lowest BCUT2D eigenvalue weighted by Gasteiger charge is -2.06. The fourth-order valence-corrected chi connectivity index (χ4v) is 2.02. The maximum absolute atomic E-state index is 11.8. The number of anilines is 1. The van der Waals surface area contributed by atoms with Crippen LogP contribution in [0.1, 0.15) is 15.9 Å². The molecule has 18 heavy (non-hydrogen) atoms. The molecule has 0 aliphatic heterocycles. The molecule has 1 heterocycles. The average molecular weight is 261 g/mol. The van der Waals surface area contributed by atoms with E-state index in [0.717, 1.165) is 10.7 Å². The summed E-state index contributed by atoms with van der Waals surface area (Å²) in [4.78, 5) is 15.9. The largest absolute Gasteiger partial charge is 0.360 e. The minimum Gasteiger partial charge on any atom is -0.360 e. The Kier molecular flexibility index (Phi) is 4.30. The number of rotatable bonds is 5. The van der Waals surface area contributed by atoms with Crippen molar-refractivity contribution in [2.75, 3.05) is 18.4 Å². The van der Waals surface area contributed by atoms with Crippen molar-refractivity contribution in [3.63, 3.8) is 0 Å².